The van der Waals surface area contributed by atoms with Crippen molar-refractivity contribution in [2.24, 2.45) is 0 Å². The van der Waals surface area contributed by atoms with Crippen molar-refractivity contribution in [2.45, 2.75) is 26.4 Å². The van der Waals surface area contributed by atoms with Crippen molar-refractivity contribution >= 4 is 17.3 Å². The van der Waals surface area contributed by atoms with Gasteiger partial charge in [-0.2, -0.15) is 0 Å². The molecule has 1 atom stereocenters. The zero-order chi connectivity index (χ0) is 13.8. The fraction of sp³-hybridized carbons (Fsp3) is 0.286. The number of nitrogens with one attached hydrogen (secondary N) is 1. The van der Waals surface area contributed by atoms with Gasteiger partial charge in [-0.3, -0.25) is 4.98 Å². The number of aromatic carboxylic acids is 1. The SMILES string of the molecule is Cc1sc(C(=O)O)cc1CNC(C)c1ccncc1. The Bertz CT molecular complexity index is 566. The van der Waals surface area contributed by atoms with Gasteiger partial charge in [-0.1, -0.05) is 0 Å². The molecule has 2 N–H and O–H groups in total. The Morgan fingerprint density at radius 3 is 2.74 bits per heavy atom. The number of carboxylic acids is 1. The molecular weight excluding hydrogens is 260 g/mol. The molecule has 19 heavy (non-hydrogen) atoms. The zero-order valence-corrected chi connectivity index (χ0v) is 11.7. The lowest BCUT2D eigenvalue weighted by atomic mass is 10.1. The van der Waals surface area contributed by atoms with Crippen LogP contribution in [-0.2, 0) is 6.54 Å². The molecule has 0 fully saturated rings. The van der Waals surface area contributed by atoms with Crippen LogP contribution in [0.4, 0.5) is 0 Å². The summed E-state index contributed by atoms with van der Waals surface area (Å²) in [6.45, 7) is 4.69. The largest absolute Gasteiger partial charge is 0.477 e. The first kappa shape index (κ1) is 13.7. The average Bonchev–Trinajstić information content (AvgIpc) is 2.79. The van der Waals surface area contributed by atoms with Crippen molar-refractivity contribution in [1.82, 2.24) is 10.3 Å². The molecular formula is C14H16N2O2S. The molecule has 0 aliphatic carbocycles. The van der Waals surface area contributed by atoms with Crippen LogP contribution in [0.2, 0.25) is 0 Å². The summed E-state index contributed by atoms with van der Waals surface area (Å²) in [4.78, 5) is 16.3. The minimum atomic E-state index is -0.860. The number of carboxylic acid groups (broad SMARTS) is 1. The summed E-state index contributed by atoms with van der Waals surface area (Å²) >= 11 is 1.32. The Morgan fingerprint density at radius 1 is 1.47 bits per heavy atom. The maximum absolute atomic E-state index is 10.9. The maximum atomic E-state index is 10.9. The van der Waals surface area contributed by atoms with Crippen molar-refractivity contribution in [3.63, 3.8) is 0 Å². The minimum Gasteiger partial charge on any atom is -0.477 e. The molecule has 1 unspecified atom stereocenters. The Hall–Kier alpha value is -1.72. The lowest BCUT2D eigenvalue weighted by molar-refractivity contribution is 0.0702. The van der Waals surface area contributed by atoms with Crippen LogP contribution < -0.4 is 5.32 Å². The number of rotatable bonds is 5. The monoisotopic (exact) mass is 276 g/mol. The first-order valence-corrected chi connectivity index (χ1v) is 6.85. The van der Waals surface area contributed by atoms with Gasteiger partial charge in [0.25, 0.3) is 0 Å². The van der Waals surface area contributed by atoms with Gasteiger partial charge in [-0.25, -0.2) is 4.79 Å². The van der Waals surface area contributed by atoms with E-state index >= 15 is 0 Å². The summed E-state index contributed by atoms with van der Waals surface area (Å²) in [5.74, 6) is -0.860. The molecule has 2 aromatic rings. The normalized spacial score (nSPS) is 12.3. The maximum Gasteiger partial charge on any atom is 0.345 e. The van der Waals surface area contributed by atoms with Gasteiger partial charge in [0.05, 0.1) is 0 Å². The molecule has 2 aromatic heterocycles. The number of aromatic nitrogens is 1. The molecule has 0 amide bonds. The molecule has 0 radical (unpaired) electrons. The van der Waals surface area contributed by atoms with Gasteiger partial charge in [0, 0.05) is 29.9 Å². The van der Waals surface area contributed by atoms with E-state index in [1.54, 1.807) is 18.5 Å². The number of hydrogen-bond acceptors (Lipinski definition) is 4. The molecule has 0 spiro atoms. The van der Waals surface area contributed by atoms with Crippen molar-refractivity contribution < 1.29 is 9.90 Å². The van der Waals surface area contributed by atoms with Crippen LogP contribution in [0, 0.1) is 6.92 Å². The summed E-state index contributed by atoms with van der Waals surface area (Å²) < 4.78 is 0. The third-order valence-corrected chi connectivity index (χ3v) is 4.12. The molecule has 0 bridgehead atoms. The summed E-state index contributed by atoms with van der Waals surface area (Å²) in [5, 5.41) is 12.4. The van der Waals surface area contributed by atoms with Crippen molar-refractivity contribution in [2.75, 3.05) is 0 Å². The second-order valence-corrected chi connectivity index (χ2v) is 5.64. The van der Waals surface area contributed by atoms with Crippen molar-refractivity contribution in [3.05, 3.63) is 51.5 Å². The fourth-order valence-electron chi connectivity index (χ4n) is 1.83. The van der Waals surface area contributed by atoms with E-state index in [4.69, 9.17) is 5.11 Å². The van der Waals surface area contributed by atoms with Crippen LogP contribution in [-0.4, -0.2) is 16.1 Å². The lowest BCUT2D eigenvalue weighted by Crippen LogP contribution is -2.18. The highest BCUT2D eigenvalue weighted by Crippen LogP contribution is 2.22. The van der Waals surface area contributed by atoms with E-state index in [-0.39, 0.29) is 6.04 Å². The van der Waals surface area contributed by atoms with E-state index in [0.29, 0.717) is 11.4 Å². The molecule has 0 aliphatic rings. The summed E-state index contributed by atoms with van der Waals surface area (Å²) in [6, 6.07) is 5.89. The van der Waals surface area contributed by atoms with Crippen molar-refractivity contribution in [1.29, 1.82) is 0 Å². The van der Waals surface area contributed by atoms with Gasteiger partial charge in [-0.15, -0.1) is 11.3 Å². The minimum absolute atomic E-state index is 0.204. The molecule has 0 saturated carbocycles. The summed E-state index contributed by atoms with van der Waals surface area (Å²) in [5.41, 5.74) is 2.21. The molecule has 0 saturated heterocycles. The van der Waals surface area contributed by atoms with Gasteiger partial charge in [0.1, 0.15) is 4.88 Å². The van der Waals surface area contributed by atoms with Crippen LogP contribution >= 0.6 is 11.3 Å². The molecule has 4 nitrogen and oxygen atoms in total. The van der Waals surface area contributed by atoms with Crippen LogP contribution in [0.1, 0.15) is 38.6 Å². The number of nitrogens with zero attached hydrogens (tertiary/aromatic N) is 1. The molecule has 2 rings (SSSR count). The fourth-order valence-corrected chi connectivity index (χ4v) is 2.71. The Kier molecular flexibility index (Phi) is 4.29. The molecule has 100 valence electrons. The lowest BCUT2D eigenvalue weighted by Gasteiger charge is -2.13. The number of thiophene rings is 1. The second kappa shape index (κ2) is 5.95. The zero-order valence-electron chi connectivity index (χ0n) is 10.9. The van der Waals surface area contributed by atoms with E-state index in [0.717, 1.165) is 10.4 Å². The predicted octanol–water partition coefficient (Wildman–Crippen LogP) is 3.00. The van der Waals surface area contributed by atoms with Gasteiger partial charge in [-0.05, 0) is 43.2 Å². The van der Waals surface area contributed by atoms with Gasteiger partial charge >= 0.3 is 5.97 Å². The van der Waals surface area contributed by atoms with E-state index in [1.807, 2.05) is 19.1 Å². The van der Waals surface area contributed by atoms with Gasteiger partial charge in [0.2, 0.25) is 0 Å². The van der Waals surface area contributed by atoms with Crippen LogP contribution in [0.15, 0.2) is 30.6 Å². The van der Waals surface area contributed by atoms with E-state index in [1.165, 1.54) is 16.9 Å². The van der Waals surface area contributed by atoms with Crippen LogP contribution in [0.5, 0.6) is 0 Å². The molecule has 2 heterocycles. The smallest absolute Gasteiger partial charge is 0.345 e. The highest BCUT2D eigenvalue weighted by Gasteiger charge is 2.12. The highest BCUT2D eigenvalue weighted by molar-refractivity contribution is 7.14. The number of pyridine rings is 1. The molecule has 5 heteroatoms. The first-order valence-electron chi connectivity index (χ1n) is 6.04. The number of carbonyl (C=O) groups is 1. The second-order valence-electron chi connectivity index (χ2n) is 4.38. The number of aryl methyl sites for hydroxylation is 1. The topological polar surface area (TPSA) is 62.2 Å². The van der Waals surface area contributed by atoms with Crippen LogP contribution in [0.3, 0.4) is 0 Å². The first-order chi connectivity index (χ1) is 9.08. The molecule has 0 aliphatic heterocycles. The van der Waals surface area contributed by atoms with E-state index in [2.05, 4.69) is 17.2 Å². The third-order valence-electron chi connectivity index (χ3n) is 3.04. The summed E-state index contributed by atoms with van der Waals surface area (Å²) in [7, 11) is 0. The van der Waals surface area contributed by atoms with Crippen LogP contribution in [0.25, 0.3) is 0 Å². The summed E-state index contributed by atoms with van der Waals surface area (Å²) in [6.07, 6.45) is 3.54. The Labute approximate surface area is 116 Å². The quantitative estimate of drug-likeness (QED) is 0.881. The van der Waals surface area contributed by atoms with E-state index in [9.17, 15) is 4.79 Å². The molecule has 0 aromatic carbocycles. The van der Waals surface area contributed by atoms with Crippen molar-refractivity contribution in [3.8, 4) is 0 Å². The third kappa shape index (κ3) is 3.39. The van der Waals surface area contributed by atoms with E-state index < -0.39 is 5.97 Å². The Morgan fingerprint density at radius 2 is 2.16 bits per heavy atom. The standard InChI is InChI=1S/C14H16N2O2S/c1-9(11-3-5-15-6-4-11)16-8-12-7-13(14(17)18)19-10(12)2/h3-7,9,16H,8H2,1-2H3,(H,17,18). The Balaban J connectivity index is 2.01. The highest BCUT2D eigenvalue weighted by atomic mass is 32.1. The van der Waals surface area contributed by atoms with Gasteiger partial charge < -0.3 is 10.4 Å². The number of hydrogen-bond donors (Lipinski definition) is 2. The van der Waals surface area contributed by atoms with Gasteiger partial charge in [0.15, 0.2) is 0 Å². The average molecular weight is 276 g/mol. The predicted molar refractivity (Wildman–Crippen MR) is 75.5 cm³/mol.